The van der Waals surface area contributed by atoms with Crippen LogP contribution in [0.4, 0.5) is 13.2 Å². The molecule has 0 spiro atoms. The van der Waals surface area contributed by atoms with Crippen LogP contribution in [0.15, 0.2) is 53.3 Å². The standard InChI is InChI=1S/C23H17F3N2O3/c1-30-20-10-17-19(11-21(20)31-2)27-22(28-23(17)29)6-12-3-4-16(18(26)5-12)13-7-14(24)9-15(25)8-13/h3-5,7-11H,6H2,1-2H3,(H,27,28,29). The van der Waals surface area contributed by atoms with Gasteiger partial charge in [0.15, 0.2) is 11.5 Å². The zero-order valence-corrected chi connectivity index (χ0v) is 16.6. The van der Waals surface area contributed by atoms with Gasteiger partial charge in [-0.15, -0.1) is 0 Å². The Kier molecular flexibility index (Phi) is 5.37. The molecule has 0 bridgehead atoms. The van der Waals surface area contributed by atoms with Gasteiger partial charge in [0.1, 0.15) is 23.3 Å². The van der Waals surface area contributed by atoms with E-state index >= 15 is 0 Å². The summed E-state index contributed by atoms with van der Waals surface area (Å²) in [4.78, 5) is 19.6. The molecule has 1 N–H and O–H groups in total. The van der Waals surface area contributed by atoms with Crippen LogP contribution in [-0.2, 0) is 6.42 Å². The second kappa shape index (κ2) is 8.14. The van der Waals surface area contributed by atoms with Crippen molar-refractivity contribution in [3.05, 3.63) is 87.7 Å². The van der Waals surface area contributed by atoms with Crippen LogP contribution in [0.2, 0.25) is 0 Å². The minimum atomic E-state index is -0.788. The molecule has 0 amide bonds. The van der Waals surface area contributed by atoms with Crippen molar-refractivity contribution in [2.45, 2.75) is 6.42 Å². The number of benzene rings is 3. The molecule has 0 aliphatic carbocycles. The van der Waals surface area contributed by atoms with E-state index < -0.39 is 17.5 Å². The fourth-order valence-corrected chi connectivity index (χ4v) is 3.40. The minimum Gasteiger partial charge on any atom is -0.493 e. The molecule has 0 saturated carbocycles. The lowest BCUT2D eigenvalue weighted by Crippen LogP contribution is -2.12. The second-order valence-electron chi connectivity index (χ2n) is 6.89. The fraction of sp³-hybridized carbons (Fsp3) is 0.130. The van der Waals surface area contributed by atoms with Crippen LogP contribution in [0.5, 0.6) is 11.5 Å². The molecule has 1 heterocycles. The van der Waals surface area contributed by atoms with Crippen molar-refractivity contribution < 1.29 is 22.6 Å². The normalized spacial score (nSPS) is 11.0. The van der Waals surface area contributed by atoms with E-state index in [9.17, 15) is 18.0 Å². The molecule has 0 unspecified atom stereocenters. The third kappa shape index (κ3) is 4.09. The van der Waals surface area contributed by atoms with Gasteiger partial charge in [0.05, 0.1) is 25.1 Å². The number of ether oxygens (including phenoxy) is 2. The van der Waals surface area contributed by atoms with Gasteiger partial charge in [0, 0.05) is 24.1 Å². The van der Waals surface area contributed by atoms with Crippen molar-refractivity contribution in [2.24, 2.45) is 0 Å². The highest BCUT2D eigenvalue weighted by atomic mass is 19.1. The summed E-state index contributed by atoms with van der Waals surface area (Å²) in [7, 11) is 2.95. The van der Waals surface area contributed by atoms with Gasteiger partial charge in [-0.05, 0) is 35.4 Å². The topological polar surface area (TPSA) is 64.2 Å². The molecule has 0 aliphatic heterocycles. The van der Waals surface area contributed by atoms with E-state index in [2.05, 4.69) is 9.97 Å². The fourth-order valence-electron chi connectivity index (χ4n) is 3.40. The van der Waals surface area contributed by atoms with Crippen molar-refractivity contribution in [1.29, 1.82) is 0 Å². The molecular weight excluding hydrogens is 409 g/mol. The summed E-state index contributed by atoms with van der Waals surface area (Å²) in [6, 6.07) is 10.3. The molecule has 1 aromatic heterocycles. The van der Waals surface area contributed by atoms with Crippen LogP contribution in [0, 0.1) is 17.5 Å². The highest BCUT2D eigenvalue weighted by molar-refractivity contribution is 5.81. The van der Waals surface area contributed by atoms with E-state index in [1.807, 2.05) is 0 Å². The Hall–Kier alpha value is -3.81. The molecule has 0 radical (unpaired) electrons. The number of halogens is 3. The van der Waals surface area contributed by atoms with Crippen molar-refractivity contribution >= 4 is 10.9 Å². The predicted octanol–water partition coefficient (Wildman–Crippen LogP) is 4.62. The van der Waals surface area contributed by atoms with Crippen molar-refractivity contribution in [2.75, 3.05) is 14.2 Å². The largest absolute Gasteiger partial charge is 0.493 e. The second-order valence-corrected chi connectivity index (χ2v) is 6.89. The Morgan fingerprint density at radius 1 is 0.903 bits per heavy atom. The molecule has 4 rings (SSSR count). The SMILES string of the molecule is COc1cc2nc(Cc3ccc(-c4cc(F)cc(F)c4)c(F)c3)[nH]c(=O)c2cc1OC. The molecule has 0 fully saturated rings. The van der Waals surface area contributed by atoms with Crippen LogP contribution < -0.4 is 15.0 Å². The van der Waals surface area contributed by atoms with Crippen molar-refractivity contribution in [3.8, 4) is 22.6 Å². The van der Waals surface area contributed by atoms with E-state index in [1.165, 1.54) is 32.4 Å². The molecule has 0 atom stereocenters. The molecule has 8 heteroatoms. The van der Waals surface area contributed by atoms with Crippen LogP contribution in [-0.4, -0.2) is 24.2 Å². The van der Waals surface area contributed by atoms with Crippen LogP contribution in [0.3, 0.4) is 0 Å². The maximum atomic E-state index is 14.6. The monoisotopic (exact) mass is 426 g/mol. The third-order valence-corrected chi connectivity index (χ3v) is 4.84. The molecule has 31 heavy (non-hydrogen) atoms. The molecular formula is C23H17F3N2O3. The first-order valence-corrected chi connectivity index (χ1v) is 9.27. The Morgan fingerprint density at radius 3 is 2.23 bits per heavy atom. The van der Waals surface area contributed by atoms with Gasteiger partial charge in [-0.25, -0.2) is 18.2 Å². The Labute approximate surface area is 175 Å². The number of H-pyrrole nitrogens is 1. The number of nitrogens with one attached hydrogen (secondary N) is 1. The summed E-state index contributed by atoms with van der Waals surface area (Å²) in [5, 5.41) is 0.330. The van der Waals surface area contributed by atoms with E-state index in [4.69, 9.17) is 9.47 Å². The average Bonchev–Trinajstić information content (AvgIpc) is 2.72. The van der Waals surface area contributed by atoms with E-state index in [1.54, 1.807) is 12.1 Å². The number of hydrogen-bond acceptors (Lipinski definition) is 4. The zero-order chi connectivity index (χ0) is 22.1. The Balaban J connectivity index is 1.69. The first-order valence-electron chi connectivity index (χ1n) is 9.27. The van der Waals surface area contributed by atoms with Crippen molar-refractivity contribution in [1.82, 2.24) is 9.97 Å². The van der Waals surface area contributed by atoms with Crippen LogP contribution in [0.1, 0.15) is 11.4 Å². The van der Waals surface area contributed by atoms with E-state index in [-0.39, 0.29) is 23.1 Å². The maximum Gasteiger partial charge on any atom is 0.258 e. The lowest BCUT2D eigenvalue weighted by Gasteiger charge is -2.10. The Bertz CT molecular complexity index is 1330. The van der Waals surface area contributed by atoms with Crippen LogP contribution >= 0.6 is 0 Å². The number of fused-ring (bicyclic) bond motifs is 1. The first kappa shape index (κ1) is 20.5. The molecule has 0 saturated heterocycles. The molecule has 158 valence electrons. The number of aromatic nitrogens is 2. The molecule has 0 aliphatic rings. The summed E-state index contributed by atoms with van der Waals surface area (Å²) in [5.41, 5.74) is 0.733. The van der Waals surface area contributed by atoms with Gasteiger partial charge in [-0.3, -0.25) is 4.79 Å². The van der Waals surface area contributed by atoms with E-state index in [0.29, 0.717) is 33.8 Å². The number of hydrogen-bond donors (Lipinski definition) is 1. The third-order valence-electron chi connectivity index (χ3n) is 4.84. The first-order chi connectivity index (χ1) is 14.9. The van der Waals surface area contributed by atoms with Gasteiger partial charge in [-0.1, -0.05) is 12.1 Å². The minimum absolute atomic E-state index is 0.0685. The highest BCUT2D eigenvalue weighted by Crippen LogP contribution is 2.30. The summed E-state index contributed by atoms with van der Waals surface area (Å²) in [5.74, 6) is -1.06. The van der Waals surface area contributed by atoms with Gasteiger partial charge in [0.25, 0.3) is 5.56 Å². The summed E-state index contributed by atoms with van der Waals surface area (Å²) in [6.07, 6.45) is 0.147. The van der Waals surface area contributed by atoms with E-state index in [0.717, 1.165) is 18.2 Å². The maximum absolute atomic E-state index is 14.6. The van der Waals surface area contributed by atoms with Crippen LogP contribution in [0.25, 0.3) is 22.0 Å². The summed E-state index contributed by atoms with van der Waals surface area (Å²) < 4.78 is 52.0. The summed E-state index contributed by atoms with van der Waals surface area (Å²) in [6.45, 7) is 0. The lowest BCUT2D eigenvalue weighted by molar-refractivity contribution is 0.355. The number of nitrogens with zero attached hydrogens (tertiary/aromatic N) is 1. The molecule has 3 aromatic carbocycles. The predicted molar refractivity (Wildman–Crippen MR) is 110 cm³/mol. The lowest BCUT2D eigenvalue weighted by atomic mass is 10.0. The average molecular weight is 426 g/mol. The number of methoxy groups -OCH3 is 2. The molecule has 5 nitrogen and oxygen atoms in total. The van der Waals surface area contributed by atoms with Gasteiger partial charge >= 0.3 is 0 Å². The van der Waals surface area contributed by atoms with Gasteiger partial charge < -0.3 is 14.5 Å². The number of rotatable bonds is 5. The highest BCUT2D eigenvalue weighted by Gasteiger charge is 2.13. The quantitative estimate of drug-likeness (QED) is 0.506. The van der Waals surface area contributed by atoms with Crippen molar-refractivity contribution in [3.63, 3.8) is 0 Å². The molecule has 4 aromatic rings. The summed E-state index contributed by atoms with van der Waals surface area (Å²) >= 11 is 0. The zero-order valence-electron chi connectivity index (χ0n) is 16.6. The smallest absolute Gasteiger partial charge is 0.258 e. The number of aromatic amines is 1. The van der Waals surface area contributed by atoms with Gasteiger partial charge in [-0.2, -0.15) is 0 Å². The van der Waals surface area contributed by atoms with Gasteiger partial charge in [0.2, 0.25) is 0 Å². The Morgan fingerprint density at radius 2 is 1.58 bits per heavy atom.